The van der Waals surface area contributed by atoms with Crippen LogP contribution in [0.1, 0.15) is 36.8 Å². The summed E-state index contributed by atoms with van der Waals surface area (Å²) in [5.41, 5.74) is 3.74. The first-order chi connectivity index (χ1) is 14.2. The van der Waals surface area contributed by atoms with Crippen molar-refractivity contribution in [2.24, 2.45) is 5.92 Å². The summed E-state index contributed by atoms with van der Waals surface area (Å²) in [6.45, 7) is 7.10. The molecule has 6 nitrogen and oxygen atoms in total. The fourth-order valence-corrected chi connectivity index (χ4v) is 4.42. The molecule has 6 heteroatoms. The molecule has 0 amide bonds. The molecular formula is C23H27N5O. The molecule has 1 atom stereocenters. The van der Waals surface area contributed by atoms with E-state index >= 15 is 0 Å². The lowest BCUT2D eigenvalue weighted by Gasteiger charge is -2.31. The third-order valence-electron chi connectivity index (χ3n) is 6.02. The maximum Gasteiger partial charge on any atom is 0.241 e. The van der Waals surface area contributed by atoms with E-state index in [0.717, 1.165) is 49.9 Å². The molecule has 0 spiro atoms. The van der Waals surface area contributed by atoms with Crippen LogP contribution in [0.5, 0.6) is 0 Å². The molecule has 0 bridgehead atoms. The molecule has 2 aliphatic heterocycles. The molecule has 2 aliphatic rings. The van der Waals surface area contributed by atoms with Gasteiger partial charge in [0.1, 0.15) is 5.82 Å². The van der Waals surface area contributed by atoms with E-state index in [9.17, 15) is 0 Å². The van der Waals surface area contributed by atoms with Crippen LogP contribution in [-0.4, -0.2) is 39.7 Å². The first-order valence-corrected chi connectivity index (χ1v) is 10.6. The zero-order chi connectivity index (χ0) is 19.6. The molecule has 1 saturated heterocycles. The van der Waals surface area contributed by atoms with Gasteiger partial charge in [-0.05, 0) is 48.4 Å². The van der Waals surface area contributed by atoms with Crippen molar-refractivity contribution in [3.05, 3.63) is 59.6 Å². The number of rotatable bonds is 4. The van der Waals surface area contributed by atoms with Crippen LogP contribution >= 0.6 is 0 Å². The van der Waals surface area contributed by atoms with Gasteiger partial charge in [0, 0.05) is 37.9 Å². The van der Waals surface area contributed by atoms with Crippen molar-refractivity contribution in [3.8, 4) is 11.4 Å². The smallest absolute Gasteiger partial charge is 0.241 e. The summed E-state index contributed by atoms with van der Waals surface area (Å²) < 4.78 is 5.53. The Hall–Kier alpha value is -2.73. The van der Waals surface area contributed by atoms with E-state index < -0.39 is 0 Å². The number of hydrogen-bond acceptors (Lipinski definition) is 6. The van der Waals surface area contributed by atoms with Crippen LogP contribution in [0.15, 0.2) is 47.1 Å². The number of pyridine rings is 1. The van der Waals surface area contributed by atoms with Gasteiger partial charge in [0.05, 0.1) is 6.54 Å². The molecule has 2 aromatic heterocycles. The first-order valence-electron chi connectivity index (χ1n) is 10.6. The minimum atomic E-state index is 0.614. The maximum absolute atomic E-state index is 5.53. The predicted octanol–water partition coefficient (Wildman–Crippen LogP) is 3.93. The summed E-state index contributed by atoms with van der Waals surface area (Å²) in [7, 11) is 0. The molecule has 0 N–H and O–H groups in total. The van der Waals surface area contributed by atoms with Crippen LogP contribution in [0.2, 0.25) is 0 Å². The van der Waals surface area contributed by atoms with Crippen molar-refractivity contribution in [1.29, 1.82) is 0 Å². The Labute approximate surface area is 171 Å². The Balaban J connectivity index is 1.24. The number of fused-ring (bicyclic) bond motifs is 1. The highest BCUT2D eigenvalue weighted by Crippen LogP contribution is 2.24. The van der Waals surface area contributed by atoms with Crippen LogP contribution in [-0.2, 0) is 19.5 Å². The van der Waals surface area contributed by atoms with Gasteiger partial charge < -0.3 is 9.42 Å². The fourth-order valence-electron chi connectivity index (χ4n) is 4.42. The lowest BCUT2D eigenvalue weighted by atomic mass is 10.00. The minimum Gasteiger partial charge on any atom is -0.356 e. The second-order valence-corrected chi connectivity index (χ2v) is 8.34. The van der Waals surface area contributed by atoms with Crippen molar-refractivity contribution in [3.63, 3.8) is 0 Å². The molecule has 1 unspecified atom stereocenters. The summed E-state index contributed by atoms with van der Waals surface area (Å²) in [6.07, 6.45) is 5.47. The normalized spacial score (nSPS) is 19.9. The topological polar surface area (TPSA) is 58.3 Å². The van der Waals surface area contributed by atoms with Crippen LogP contribution in [0.4, 0.5) is 5.82 Å². The average molecular weight is 390 g/mol. The molecule has 150 valence electrons. The Morgan fingerprint density at radius 3 is 2.83 bits per heavy atom. The number of piperidine rings is 1. The zero-order valence-corrected chi connectivity index (χ0v) is 16.9. The third-order valence-corrected chi connectivity index (χ3v) is 6.02. The van der Waals surface area contributed by atoms with Gasteiger partial charge in [-0.25, -0.2) is 4.98 Å². The predicted molar refractivity (Wildman–Crippen MR) is 112 cm³/mol. The van der Waals surface area contributed by atoms with Crippen LogP contribution < -0.4 is 4.90 Å². The molecule has 29 heavy (non-hydrogen) atoms. The van der Waals surface area contributed by atoms with Crippen LogP contribution in [0, 0.1) is 5.92 Å². The highest BCUT2D eigenvalue weighted by molar-refractivity contribution is 5.56. The van der Waals surface area contributed by atoms with Crippen molar-refractivity contribution in [1.82, 2.24) is 20.0 Å². The molecule has 0 saturated carbocycles. The van der Waals surface area contributed by atoms with E-state index in [1.165, 1.54) is 24.0 Å². The highest BCUT2D eigenvalue weighted by atomic mass is 16.5. The Morgan fingerprint density at radius 2 is 2.00 bits per heavy atom. The molecule has 1 fully saturated rings. The molecule has 5 rings (SSSR count). The second-order valence-electron chi connectivity index (χ2n) is 8.34. The van der Waals surface area contributed by atoms with E-state index in [-0.39, 0.29) is 0 Å². The number of nitrogens with zero attached hydrogens (tertiary/aromatic N) is 5. The number of benzene rings is 1. The lowest BCUT2D eigenvalue weighted by molar-refractivity contribution is 0.210. The second kappa shape index (κ2) is 7.95. The largest absolute Gasteiger partial charge is 0.356 e. The van der Waals surface area contributed by atoms with E-state index in [4.69, 9.17) is 4.52 Å². The average Bonchev–Trinajstić information content (AvgIpc) is 3.22. The summed E-state index contributed by atoms with van der Waals surface area (Å²) in [4.78, 5) is 14.0. The van der Waals surface area contributed by atoms with Gasteiger partial charge in [-0.3, -0.25) is 4.90 Å². The van der Waals surface area contributed by atoms with Crippen LogP contribution in [0.3, 0.4) is 0 Å². The Kier molecular flexibility index (Phi) is 5.02. The summed E-state index contributed by atoms with van der Waals surface area (Å²) in [5.74, 6) is 3.04. The van der Waals surface area contributed by atoms with Gasteiger partial charge in [-0.2, -0.15) is 4.98 Å². The van der Waals surface area contributed by atoms with Crippen molar-refractivity contribution in [2.45, 2.75) is 39.3 Å². The van der Waals surface area contributed by atoms with E-state index in [1.807, 2.05) is 12.3 Å². The molecule has 0 aliphatic carbocycles. The van der Waals surface area contributed by atoms with Crippen molar-refractivity contribution < 1.29 is 4.52 Å². The van der Waals surface area contributed by atoms with Crippen molar-refractivity contribution in [2.75, 3.05) is 24.5 Å². The maximum atomic E-state index is 5.53. The highest BCUT2D eigenvalue weighted by Gasteiger charge is 2.20. The number of hydrogen-bond donors (Lipinski definition) is 0. The quantitative estimate of drug-likeness (QED) is 0.674. The van der Waals surface area contributed by atoms with E-state index in [0.29, 0.717) is 18.3 Å². The zero-order valence-electron chi connectivity index (χ0n) is 16.9. The summed E-state index contributed by atoms with van der Waals surface area (Å²) >= 11 is 0. The van der Waals surface area contributed by atoms with Gasteiger partial charge >= 0.3 is 0 Å². The number of aromatic nitrogens is 3. The Morgan fingerprint density at radius 1 is 1.10 bits per heavy atom. The third kappa shape index (κ3) is 4.03. The van der Waals surface area contributed by atoms with Gasteiger partial charge in [-0.1, -0.05) is 36.3 Å². The SMILES string of the molecule is CC1CCCN(c2ccc(-c3noc(CN4CCc5ccccc5C4)n3)cn2)C1. The molecular weight excluding hydrogens is 362 g/mol. The molecule has 3 aromatic rings. The van der Waals surface area contributed by atoms with Gasteiger partial charge in [0.25, 0.3) is 0 Å². The fraction of sp³-hybridized carbons (Fsp3) is 0.435. The summed E-state index contributed by atoms with van der Waals surface area (Å²) in [6, 6.07) is 12.8. The minimum absolute atomic E-state index is 0.614. The van der Waals surface area contributed by atoms with Gasteiger partial charge in [-0.15, -0.1) is 0 Å². The summed E-state index contributed by atoms with van der Waals surface area (Å²) in [5, 5.41) is 4.18. The van der Waals surface area contributed by atoms with Gasteiger partial charge in [0.15, 0.2) is 0 Å². The van der Waals surface area contributed by atoms with E-state index in [1.54, 1.807) is 0 Å². The first kappa shape index (κ1) is 18.3. The molecule has 0 radical (unpaired) electrons. The molecule has 4 heterocycles. The molecule has 1 aromatic carbocycles. The van der Waals surface area contributed by atoms with Gasteiger partial charge in [0.2, 0.25) is 11.7 Å². The standard InChI is InChI=1S/C23H27N5O/c1-17-5-4-11-28(14-17)21-9-8-19(13-24-21)23-25-22(29-26-23)16-27-12-10-18-6-2-3-7-20(18)15-27/h2-3,6-9,13,17H,4-5,10-12,14-16H2,1H3. The Bertz CT molecular complexity index is 967. The monoisotopic (exact) mass is 389 g/mol. The van der Waals surface area contributed by atoms with Crippen LogP contribution in [0.25, 0.3) is 11.4 Å². The lowest BCUT2D eigenvalue weighted by Crippen LogP contribution is -2.34. The van der Waals surface area contributed by atoms with E-state index in [2.05, 4.69) is 62.2 Å². The number of anilines is 1. The van der Waals surface area contributed by atoms with Crippen molar-refractivity contribution >= 4 is 5.82 Å².